The summed E-state index contributed by atoms with van der Waals surface area (Å²) in [6.07, 6.45) is 4.91. The molecule has 2 aromatic heterocycles. The van der Waals surface area contributed by atoms with Crippen LogP contribution in [0.3, 0.4) is 0 Å². The number of hydrogen-bond donors (Lipinski definition) is 3. The van der Waals surface area contributed by atoms with E-state index in [1.165, 1.54) is 4.68 Å². The third kappa shape index (κ3) is 2.42. The van der Waals surface area contributed by atoms with Crippen LogP contribution in [0.25, 0.3) is 17.0 Å². The number of imidazole rings is 1. The number of benzene rings is 1. The van der Waals surface area contributed by atoms with Crippen LogP contribution in [-0.4, -0.2) is 31.8 Å². The van der Waals surface area contributed by atoms with Crippen molar-refractivity contribution in [2.75, 3.05) is 5.32 Å². The highest BCUT2D eigenvalue weighted by Crippen LogP contribution is 2.45. The monoisotopic (exact) mass is 370 g/mol. The number of aromatic nitrogens is 4. The summed E-state index contributed by atoms with van der Waals surface area (Å²) < 4.78 is 1.19. The van der Waals surface area contributed by atoms with Gasteiger partial charge >= 0.3 is 0 Å². The van der Waals surface area contributed by atoms with Crippen LogP contribution in [0.1, 0.15) is 19.3 Å². The third-order valence-corrected chi connectivity index (χ3v) is 6.07. The van der Waals surface area contributed by atoms with Crippen molar-refractivity contribution in [3.63, 3.8) is 0 Å². The lowest BCUT2D eigenvalue weighted by atomic mass is 9.91. The van der Waals surface area contributed by atoms with Gasteiger partial charge in [-0.2, -0.15) is 9.78 Å². The number of nitrogens with two attached hydrogens (primary N) is 1. The minimum Gasteiger partial charge on any atom is -0.379 e. The molecule has 26 heavy (non-hydrogen) atoms. The van der Waals surface area contributed by atoms with Crippen LogP contribution in [0.4, 0.5) is 5.69 Å². The molecule has 2 aliphatic rings. The van der Waals surface area contributed by atoms with Gasteiger partial charge in [-0.1, -0.05) is 23.7 Å². The first-order chi connectivity index (χ1) is 12.6. The summed E-state index contributed by atoms with van der Waals surface area (Å²) in [7, 11) is 0. The first-order valence-electron chi connectivity index (χ1n) is 8.85. The average molecular weight is 371 g/mol. The summed E-state index contributed by atoms with van der Waals surface area (Å²) in [6.45, 7) is 0. The third-order valence-electron chi connectivity index (χ3n) is 5.70. The van der Waals surface area contributed by atoms with Crippen molar-refractivity contribution in [3.8, 4) is 5.95 Å². The molecule has 5 rings (SSSR count). The van der Waals surface area contributed by atoms with Crippen molar-refractivity contribution < 1.29 is 0 Å². The van der Waals surface area contributed by atoms with Gasteiger partial charge < -0.3 is 16.0 Å². The van der Waals surface area contributed by atoms with Crippen LogP contribution in [0.2, 0.25) is 5.02 Å². The molecule has 2 aliphatic carbocycles. The topological polar surface area (TPSA) is 102 Å². The molecule has 2 heterocycles. The number of anilines is 1. The molecular weight excluding hydrogens is 352 g/mol. The first-order valence-corrected chi connectivity index (χ1v) is 9.23. The molecule has 0 radical (unpaired) electrons. The van der Waals surface area contributed by atoms with E-state index in [1.807, 2.05) is 24.3 Å². The van der Waals surface area contributed by atoms with Crippen molar-refractivity contribution in [1.82, 2.24) is 19.7 Å². The number of para-hydroxylation sites is 2. The number of fused-ring (bicyclic) bond motifs is 3. The van der Waals surface area contributed by atoms with Crippen LogP contribution in [-0.2, 0) is 0 Å². The summed E-state index contributed by atoms with van der Waals surface area (Å²) in [5, 5.41) is 7.78. The second-order valence-electron chi connectivity index (χ2n) is 7.32. The van der Waals surface area contributed by atoms with Crippen molar-refractivity contribution in [1.29, 1.82) is 0 Å². The Balaban J connectivity index is 1.47. The zero-order valence-electron chi connectivity index (χ0n) is 14.0. The molecule has 0 saturated heterocycles. The SMILES string of the molecule is N[C@@H]1C[C@H]2C[C@@H]1[C@@H](Nc1cnn(-c3nc4ccccc4[nH]3)c(=O)c1Cl)C2. The zero-order valence-corrected chi connectivity index (χ0v) is 14.8. The summed E-state index contributed by atoms with van der Waals surface area (Å²) >= 11 is 6.36. The summed E-state index contributed by atoms with van der Waals surface area (Å²) in [6, 6.07) is 8.05. The van der Waals surface area contributed by atoms with Crippen molar-refractivity contribution in [2.24, 2.45) is 17.6 Å². The Morgan fingerprint density at radius 1 is 1.27 bits per heavy atom. The van der Waals surface area contributed by atoms with Gasteiger partial charge in [-0.15, -0.1) is 0 Å². The van der Waals surface area contributed by atoms with Crippen LogP contribution in [0.15, 0.2) is 35.3 Å². The van der Waals surface area contributed by atoms with E-state index in [0.29, 0.717) is 23.5 Å². The fraction of sp³-hybridized carbons (Fsp3) is 0.389. The zero-order chi connectivity index (χ0) is 17.8. The van der Waals surface area contributed by atoms with Crippen molar-refractivity contribution >= 4 is 28.3 Å². The highest BCUT2D eigenvalue weighted by atomic mass is 35.5. The molecule has 7 nitrogen and oxygen atoms in total. The number of nitrogens with one attached hydrogen (secondary N) is 2. The maximum absolute atomic E-state index is 12.7. The minimum absolute atomic E-state index is 0.122. The smallest absolute Gasteiger partial charge is 0.295 e. The van der Waals surface area contributed by atoms with E-state index < -0.39 is 5.56 Å². The van der Waals surface area contributed by atoms with Crippen LogP contribution < -0.4 is 16.6 Å². The second-order valence-corrected chi connectivity index (χ2v) is 7.70. The van der Waals surface area contributed by atoms with E-state index in [1.54, 1.807) is 6.20 Å². The van der Waals surface area contributed by atoms with Crippen LogP contribution in [0, 0.1) is 11.8 Å². The first kappa shape index (κ1) is 15.8. The van der Waals surface area contributed by atoms with Crippen molar-refractivity contribution in [2.45, 2.75) is 31.3 Å². The van der Waals surface area contributed by atoms with Gasteiger partial charge in [0.05, 0.1) is 22.9 Å². The number of H-pyrrole nitrogens is 1. The Bertz CT molecular complexity index is 1010. The number of nitrogens with zero attached hydrogens (tertiary/aromatic N) is 3. The molecule has 2 fully saturated rings. The summed E-state index contributed by atoms with van der Waals surface area (Å²) in [5.74, 6) is 1.47. The van der Waals surface area contributed by atoms with Crippen LogP contribution in [0.5, 0.6) is 0 Å². The molecular formula is C18H19ClN6O. The van der Waals surface area contributed by atoms with Gasteiger partial charge in [0.15, 0.2) is 0 Å². The Morgan fingerprint density at radius 2 is 2.12 bits per heavy atom. The fourth-order valence-electron chi connectivity index (χ4n) is 4.49. The predicted octanol–water partition coefficient (Wildman–Crippen LogP) is 2.30. The Morgan fingerprint density at radius 3 is 2.88 bits per heavy atom. The molecule has 1 aromatic carbocycles. The standard InChI is InChI=1S/C18H19ClN6O/c19-16-15(22-14-7-9-5-10(14)11(20)6-9)8-21-25(17(16)26)18-23-12-3-1-2-4-13(12)24-18/h1-4,8-11,14,22H,5-7,20H2,(H,23,24)/t9-,10+,11-,14+/m1/s1. The van der Waals surface area contributed by atoms with Gasteiger partial charge in [0.2, 0.25) is 5.95 Å². The van der Waals surface area contributed by atoms with Gasteiger partial charge in [-0.05, 0) is 43.2 Å². The molecule has 0 spiro atoms. The quantitative estimate of drug-likeness (QED) is 0.656. The Labute approximate surface area is 154 Å². The maximum atomic E-state index is 12.7. The van der Waals surface area contributed by atoms with E-state index in [9.17, 15) is 4.79 Å². The van der Waals surface area contributed by atoms with E-state index in [-0.39, 0.29) is 17.1 Å². The number of aromatic amines is 1. The molecule has 4 atom stereocenters. The van der Waals surface area contributed by atoms with E-state index in [2.05, 4.69) is 20.4 Å². The van der Waals surface area contributed by atoms with Crippen LogP contribution >= 0.6 is 11.6 Å². The average Bonchev–Trinajstić information content (AvgIpc) is 3.31. The van der Waals surface area contributed by atoms with Gasteiger partial charge in [-0.25, -0.2) is 4.98 Å². The minimum atomic E-state index is -0.400. The van der Waals surface area contributed by atoms with E-state index in [4.69, 9.17) is 17.3 Å². The molecule has 4 N–H and O–H groups in total. The highest BCUT2D eigenvalue weighted by molar-refractivity contribution is 6.33. The lowest BCUT2D eigenvalue weighted by Gasteiger charge is -2.28. The number of halogens is 1. The van der Waals surface area contributed by atoms with E-state index >= 15 is 0 Å². The molecule has 0 aliphatic heterocycles. The van der Waals surface area contributed by atoms with E-state index in [0.717, 1.165) is 30.3 Å². The molecule has 0 unspecified atom stereocenters. The molecule has 134 valence electrons. The summed E-state index contributed by atoms with van der Waals surface area (Å²) in [4.78, 5) is 20.2. The number of hydrogen-bond acceptors (Lipinski definition) is 5. The second kappa shape index (κ2) is 5.82. The fourth-order valence-corrected chi connectivity index (χ4v) is 4.68. The lowest BCUT2D eigenvalue weighted by molar-refractivity contribution is 0.385. The normalized spacial score (nSPS) is 27.3. The van der Waals surface area contributed by atoms with Gasteiger partial charge in [0, 0.05) is 12.1 Å². The largest absolute Gasteiger partial charge is 0.379 e. The molecule has 2 saturated carbocycles. The molecule has 3 aromatic rings. The number of rotatable bonds is 3. The van der Waals surface area contributed by atoms with Gasteiger partial charge in [0.25, 0.3) is 5.56 Å². The maximum Gasteiger partial charge on any atom is 0.295 e. The molecule has 8 heteroatoms. The lowest BCUT2D eigenvalue weighted by Crippen LogP contribution is -2.39. The van der Waals surface area contributed by atoms with Crippen molar-refractivity contribution in [3.05, 3.63) is 45.8 Å². The Kier molecular flexibility index (Phi) is 3.55. The Hall–Kier alpha value is -2.38. The van der Waals surface area contributed by atoms with Gasteiger partial charge in [0.1, 0.15) is 5.02 Å². The predicted molar refractivity (Wildman–Crippen MR) is 101 cm³/mol. The summed E-state index contributed by atoms with van der Waals surface area (Å²) in [5.41, 5.74) is 7.97. The molecule has 2 bridgehead atoms. The van der Waals surface area contributed by atoms with Gasteiger partial charge in [-0.3, -0.25) is 4.79 Å². The molecule has 0 amide bonds. The highest BCUT2D eigenvalue weighted by Gasteiger charge is 2.44.